The minimum atomic E-state index is -0.151. The predicted octanol–water partition coefficient (Wildman–Crippen LogP) is 2.87. The van der Waals surface area contributed by atoms with Crippen molar-refractivity contribution < 1.29 is 4.79 Å². The molecule has 2 N–H and O–H groups in total. The van der Waals surface area contributed by atoms with Gasteiger partial charge in [-0.3, -0.25) is 5.32 Å². The summed E-state index contributed by atoms with van der Waals surface area (Å²) in [5, 5.41) is 10.4. The maximum Gasteiger partial charge on any atom is 0.320 e. The summed E-state index contributed by atoms with van der Waals surface area (Å²) in [4.78, 5) is 12.1. The lowest BCUT2D eigenvalue weighted by Gasteiger charge is -2.13. The van der Waals surface area contributed by atoms with Crippen LogP contribution in [0.2, 0.25) is 0 Å². The third-order valence-corrected chi connectivity index (χ3v) is 4.75. The number of benzene rings is 1. The molecule has 1 aliphatic heterocycles. The van der Waals surface area contributed by atoms with Crippen LogP contribution in [0.25, 0.3) is 0 Å². The summed E-state index contributed by atoms with van der Waals surface area (Å²) in [5.74, 6) is 2.84. The van der Waals surface area contributed by atoms with Crippen molar-refractivity contribution in [3.05, 3.63) is 47.7 Å². The molecule has 1 fully saturated rings. The van der Waals surface area contributed by atoms with Crippen molar-refractivity contribution in [2.45, 2.75) is 25.9 Å². The summed E-state index contributed by atoms with van der Waals surface area (Å²) in [6.45, 7) is 2.57. The third kappa shape index (κ3) is 3.82. The molecule has 22 heavy (non-hydrogen) atoms. The van der Waals surface area contributed by atoms with Gasteiger partial charge in [0.25, 0.3) is 0 Å². The van der Waals surface area contributed by atoms with E-state index in [0.29, 0.717) is 6.54 Å². The van der Waals surface area contributed by atoms with Crippen molar-refractivity contribution in [2.24, 2.45) is 0 Å². The molecule has 5 nitrogen and oxygen atoms in total. The number of hydrogen-bond acceptors (Lipinski definition) is 3. The van der Waals surface area contributed by atoms with Gasteiger partial charge >= 0.3 is 6.03 Å². The Morgan fingerprint density at radius 1 is 1.41 bits per heavy atom. The molecule has 3 rings (SSSR count). The van der Waals surface area contributed by atoms with Gasteiger partial charge in [0.15, 0.2) is 0 Å². The van der Waals surface area contributed by atoms with Crippen molar-refractivity contribution in [1.82, 2.24) is 15.1 Å². The van der Waals surface area contributed by atoms with Gasteiger partial charge in [0, 0.05) is 17.9 Å². The highest BCUT2D eigenvalue weighted by atomic mass is 32.2. The van der Waals surface area contributed by atoms with E-state index in [2.05, 4.69) is 27.9 Å². The van der Waals surface area contributed by atoms with Gasteiger partial charge in [-0.25, -0.2) is 9.48 Å². The van der Waals surface area contributed by atoms with E-state index in [9.17, 15) is 4.79 Å². The second kappa shape index (κ2) is 6.87. The largest absolute Gasteiger partial charge is 0.334 e. The molecule has 6 heteroatoms. The molecule has 116 valence electrons. The van der Waals surface area contributed by atoms with Gasteiger partial charge in [-0.05, 0) is 24.7 Å². The van der Waals surface area contributed by atoms with Gasteiger partial charge in [0.05, 0.1) is 12.2 Å². The Labute approximate surface area is 134 Å². The minimum absolute atomic E-state index is 0.151. The normalized spacial score (nSPS) is 17.4. The van der Waals surface area contributed by atoms with Crippen LogP contribution in [0.5, 0.6) is 0 Å². The van der Waals surface area contributed by atoms with Crippen LogP contribution in [0.1, 0.15) is 17.7 Å². The van der Waals surface area contributed by atoms with Gasteiger partial charge < -0.3 is 5.32 Å². The van der Waals surface area contributed by atoms with Gasteiger partial charge in [0.2, 0.25) is 0 Å². The molecule has 1 aliphatic rings. The Bertz CT molecular complexity index is 635. The average Bonchev–Trinajstić information content (AvgIpc) is 3.10. The van der Waals surface area contributed by atoms with E-state index in [0.717, 1.165) is 35.0 Å². The fraction of sp³-hybridized carbons (Fsp3) is 0.375. The van der Waals surface area contributed by atoms with Crippen LogP contribution in [0.15, 0.2) is 36.4 Å². The summed E-state index contributed by atoms with van der Waals surface area (Å²) >= 11 is 1.88. The van der Waals surface area contributed by atoms with Crippen LogP contribution in [0.4, 0.5) is 10.6 Å². The lowest BCUT2D eigenvalue weighted by Crippen LogP contribution is -2.38. The monoisotopic (exact) mass is 316 g/mol. The highest BCUT2D eigenvalue weighted by Crippen LogP contribution is 2.17. The Kier molecular flexibility index (Phi) is 4.68. The molecule has 2 heterocycles. The lowest BCUT2D eigenvalue weighted by molar-refractivity contribution is 0.249. The number of anilines is 1. The number of nitrogens with one attached hydrogen (secondary N) is 2. The Morgan fingerprint density at radius 3 is 2.95 bits per heavy atom. The number of carbonyl (C=O) groups is 1. The molecule has 1 aromatic carbocycles. The van der Waals surface area contributed by atoms with E-state index in [1.54, 1.807) is 0 Å². The van der Waals surface area contributed by atoms with Crippen molar-refractivity contribution in [3.63, 3.8) is 0 Å². The molecule has 0 aliphatic carbocycles. The first-order chi connectivity index (χ1) is 10.7. The zero-order valence-electron chi connectivity index (χ0n) is 12.6. The highest BCUT2D eigenvalue weighted by molar-refractivity contribution is 7.99. The molecular formula is C16H20N4OS. The Balaban J connectivity index is 1.66. The topological polar surface area (TPSA) is 59.0 Å². The molecule has 2 amide bonds. The number of amides is 2. The fourth-order valence-electron chi connectivity index (χ4n) is 2.51. The van der Waals surface area contributed by atoms with E-state index in [1.807, 2.05) is 47.6 Å². The van der Waals surface area contributed by atoms with E-state index >= 15 is 0 Å². The van der Waals surface area contributed by atoms with Crippen molar-refractivity contribution >= 4 is 23.6 Å². The number of hydrogen-bond donors (Lipinski definition) is 2. The van der Waals surface area contributed by atoms with Crippen LogP contribution in [0, 0.1) is 6.92 Å². The Morgan fingerprint density at radius 2 is 2.23 bits per heavy atom. The van der Waals surface area contributed by atoms with Gasteiger partial charge in [-0.2, -0.15) is 16.9 Å². The number of thioether (sulfide) groups is 1. The van der Waals surface area contributed by atoms with E-state index < -0.39 is 0 Å². The first-order valence-corrected chi connectivity index (χ1v) is 8.60. The average molecular weight is 316 g/mol. The van der Waals surface area contributed by atoms with Crippen LogP contribution >= 0.6 is 11.8 Å². The molecule has 2 aromatic rings. The van der Waals surface area contributed by atoms with E-state index in [-0.39, 0.29) is 12.1 Å². The quantitative estimate of drug-likeness (QED) is 0.912. The molecular weight excluding hydrogens is 296 g/mol. The maximum atomic E-state index is 12.1. The van der Waals surface area contributed by atoms with Crippen LogP contribution in [-0.4, -0.2) is 33.4 Å². The van der Waals surface area contributed by atoms with Crippen molar-refractivity contribution in [1.29, 1.82) is 0 Å². The molecule has 1 saturated heterocycles. The second-order valence-corrected chi connectivity index (χ2v) is 6.62. The standard InChI is InChI=1S/C16H20N4OS/c1-12-9-15(18-16(21)17-14-7-8-22-11-14)20(19-12)10-13-5-3-2-4-6-13/h2-6,9,14H,7-8,10-11H2,1H3,(H2,17,18,21)/t14-/m0/s1. The van der Waals surface area contributed by atoms with E-state index in [1.165, 1.54) is 0 Å². The smallest absolute Gasteiger partial charge is 0.320 e. The third-order valence-electron chi connectivity index (χ3n) is 3.58. The summed E-state index contributed by atoms with van der Waals surface area (Å²) in [6, 6.07) is 12.1. The molecule has 0 saturated carbocycles. The van der Waals surface area contributed by atoms with Gasteiger partial charge in [0.1, 0.15) is 5.82 Å². The molecule has 0 unspecified atom stereocenters. The summed E-state index contributed by atoms with van der Waals surface area (Å²) in [5.41, 5.74) is 2.05. The number of urea groups is 1. The first kappa shape index (κ1) is 15.0. The number of aromatic nitrogens is 2. The summed E-state index contributed by atoms with van der Waals surface area (Å²) in [7, 11) is 0. The molecule has 1 aromatic heterocycles. The van der Waals surface area contributed by atoms with Crippen LogP contribution in [0.3, 0.4) is 0 Å². The second-order valence-electron chi connectivity index (χ2n) is 5.47. The van der Waals surface area contributed by atoms with Gasteiger partial charge in [-0.15, -0.1) is 0 Å². The molecule has 0 radical (unpaired) electrons. The SMILES string of the molecule is Cc1cc(NC(=O)N[C@H]2CCSC2)n(Cc2ccccc2)n1. The zero-order valence-corrected chi connectivity index (χ0v) is 13.4. The highest BCUT2D eigenvalue weighted by Gasteiger charge is 2.18. The van der Waals surface area contributed by atoms with E-state index in [4.69, 9.17) is 0 Å². The van der Waals surface area contributed by atoms with Crippen molar-refractivity contribution in [3.8, 4) is 0 Å². The lowest BCUT2D eigenvalue weighted by atomic mass is 10.2. The number of nitrogens with zero attached hydrogens (tertiary/aromatic N) is 2. The summed E-state index contributed by atoms with van der Waals surface area (Å²) < 4.78 is 1.83. The molecule has 0 bridgehead atoms. The number of rotatable bonds is 4. The predicted molar refractivity (Wildman–Crippen MR) is 90.4 cm³/mol. The first-order valence-electron chi connectivity index (χ1n) is 7.44. The molecule has 1 atom stereocenters. The van der Waals surface area contributed by atoms with Crippen LogP contribution in [-0.2, 0) is 6.54 Å². The van der Waals surface area contributed by atoms with Crippen LogP contribution < -0.4 is 10.6 Å². The molecule has 0 spiro atoms. The van der Waals surface area contributed by atoms with Gasteiger partial charge in [-0.1, -0.05) is 30.3 Å². The number of carbonyl (C=O) groups excluding carboxylic acids is 1. The minimum Gasteiger partial charge on any atom is -0.334 e. The number of aryl methyl sites for hydroxylation is 1. The maximum absolute atomic E-state index is 12.1. The summed E-state index contributed by atoms with van der Waals surface area (Å²) in [6.07, 6.45) is 1.04. The zero-order chi connectivity index (χ0) is 15.4. The Hall–Kier alpha value is -1.95. The fourth-order valence-corrected chi connectivity index (χ4v) is 3.66. The van der Waals surface area contributed by atoms with Crippen molar-refractivity contribution in [2.75, 3.05) is 16.8 Å².